The van der Waals surface area contributed by atoms with Gasteiger partial charge in [-0.1, -0.05) is 6.07 Å². The molecule has 0 radical (unpaired) electrons. The van der Waals surface area contributed by atoms with Crippen molar-refractivity contribution in [3.8, 4) is 0 Å². The minimum absolute atomic E-state index is 0.0602. The van der Waals surface area contributed by atoms with E-state index in [9.17, 15) is 4.79 Å². The zero-order valence-corrected chi connectivity index (χ0v) is 10.5. The molecule has 0 bridgehead atoms. The molecule has 1 heterocycles. The van der Waals surface area contributed by atoms with E-state index < -0.39 is 0 Å². The Kier molecular flexibility index (Phi) is 3.13. The molecule has 1 fully saturated rings. The molecule has 1 aromatic heterocycles. The first-order valence-electron chi connectivity index (χ1n) is 6.52. The number of hydrogen-bond donors (Lipinski definition) is 2. The summed E-state index contributed by atoms with van der Waals surface area (Å²) in [6.45, 7) is 0. The van der Waals surface area contributed by atoms with Crippen LogP contribution in [-0.2, 0) is 0 Å². The number of nitrogens with one attached hydrogen (secondary N) is 1. The van der Waals surface area contributed by atoms with Crippen molar-refractivity contribution in [3.05, 3.63) is 36.2 Å². The number of benzene rings is 1. The number of nitrogens with zero attached hydrogens (tertiary/aromatic N) is 2. The molecule has 0 spiro atoms. The molecule has 98 valence electrons. The highest BCUT2D eigenvalue weighted by atomic mass is 16.1. The van der Waals surface area contributed by atoms with E-state index in [2.05, 4.69) is 15.3 Å². The molecule has 2 aromatic rings. The molecule has 19 heavy (non-hydrogen) atoms. The summed E-state index contributed by atoms with van der Waals surface area (Å²) >= 11 is 0. The van der Waals surface area contributed by atoms with Crippen LogP contribution in [0.25, 0.3) is 11.0 Å². The van der Waals surface area contributed by atoms with Gasteiger partial charge in [-0.05, 0) is 31.4 Å². The number of aromatic nitrogens is 2. The zero-order valence-electron chi connectivity index (χ0n) is 10.5. The topological polar surface area (TPSA) is 80.9 Å². The van der Waals surface area contributed by atoms with Crippen molar-refractivity contribution < 1.29 is 4.79 Å². The second-order valence-electron chi connectivity index (χ2n) is 4.90. The summed E-state index contributed by atoms with van der Waals surface area (Å²) in [6.07, 6.45) is 6.21. The SMILES string of the molecule is NC1CCCC1NC(=O)c1cccc2nccnc12. The molecule has 5 nitrogen and oxygen atoms in total. The van der Waals surface area contributed by atoms with Gasteiger partial charge in [-0.2, -0.15) is 0 Å². The van der Waals surface area contributed by atoms with Crippen LogP contribution in [0.1, 0.15) is 29.6 Å². The highest BCUT2D eigenvalue weighted by molar-refractivity contribution is 6.04. The summed E-state index contributed by atoms with van der Waals surface area (Å²) in [7, 11) is 0. The van der Waals surface area contributed by atoms with Crippen LogP contribution < -0.4 is 11.1 Å². The van der Waals surface area contributed by atoms with Gasteiger partial charge in [0.25, 0.3) is 5.91 Å². The van der Waals surface area contributed by atoms with Gasteiger partial charge in [-0.25, -0.2) is 0 Å². The molecule has 2 atom stereocenters. The van der Waals surface area contributed by atoms with E-state index in [-0.39, 0.29) is 18.0 Å². The van der Waals surface area contributed by atoms with Gasteiger partial charge in [0.1, 0.15) is 5.52 Å². The molecule has 1 amide bonds. The number of hydrogen-bond acceptors (Lipinski definition) is 4. The molecule has 3 N–H and O–H groups in total. The van der Waals surface area contributed by atoms with Crippen molar-refractivity contribution in [2.24, 2.45) is 5.73 Å². The fourth-order valence-corrected chi connectivity index (χ4v) is 2.59. The molecule has 0 aliphatic heterocycles. The Morgan fingerprint density at radius 2 is 2.11 bits per heavy atom. The number of para-hydroxylation sites is 1. The maximum atomic E-state index is 12.3. The Morgan fingerprint density at radius 3 is 2.89 bits per heavy atom. The van der Waals surface area contributed by atoms with Crippen LogP contribution in [0.3, 0.4) is 0 Å². The summed E-state index contributed by atoms with van der Waals surface area (Å²) < 4.78 is 0. The van der Waals surface area contributed by atoms with E-state index in [4.69, 9.17) is 5.73 Å². The van der Waals surface area contributed by atoms with Gasteiger partial charge in [-0.3, -0.25) is 14.8 Å². The minimum Gasteiger partial charge on any atom is -0.348 e. The predicted octanol–water partition coefficient (Wildman–Crippen LogP) is 1.24. The van der Waals surface area contributed by atoms with Crippen molar-refractivity contribution in [1.82, 2.24) is 15.3 Å². The van der Waals surface area contributed by atoms with Gasteiger partial charge in [0.2, 0.25) is 0 Å². The van der Waals surface area contributed by atoms with Crippen LogP contribution in [0.15, 0.2) is 30.6 Å². The zero-order chi connectivity index (χ0) is 13.2. The average molecular weight is 256 g/mol. The number of nitrogens with two attached hydrogens (primary N) is 1. The molecular weight excluding hydrogens is 240 g/mol. The Hall–Kier alpha value is -2.01. The Labute approximate surface area is 111 Å². The molecule has 1 saturated carbocycles. The van der Waals surface area contributed by atoms with Gasteiger partial charge in [0, 0.05) is 24.5 Å². The van der Waals surface area contributed by atoms with Gasteiger partial charge in [0.15, 0.2) is 0 Å². The monoisotopic (exact) mass is 256 g/mol. The molecule has 1 aliphatic rings. The Balaban J connectivity index is 1.89. The van der Waals surface area contributed by atoms with Crippen LogP contribution in [0.2, 0.25) is 0 Å². The number of carbonyl (C=O) groups is 1. The second-order valence-corrected chi connectivity index (χ2v) is 4.90. The van der Waals surface area contributed by atoms with Crippen LogP contribution in [0.4, 0.5) is 0 Å². The summed E-state index contributed by atoms with van der Waals surface area (Å²) in [5, 5.41) is 3.01. The maximum Gasteiger partial charge on any atom is 0.253 e. The standard InChI is InChI=1S/C14H16N4O/c15-10-4-2-5-11(10)18-14(19)9-3-1-6-12-13(9)17-8-7-16-12/h1,3,6-8,10-11H,2,4-5,15H2,(H,18,19). The Morgan fingerprint density at radius 1 is 1.26 bits per heavy atom. The number of amides is 1. The number of fused-ring (bicyclic) bond motifs is 1. The van der Waals surface area contributed by atoms with Crippen LogP contribution in [0.5, 0.6) is 0 Å². The second kappa shape index (κ2) is 4.93. The molecule has 1 aliphatic carbocycles. The first-order chi connectivity index (χ1) is 9.25. The summed E-state index contributed by atoms with van der Waals surface area (Å²) in [6, 6.07) is 5.57. The predicted molar refractivity (Wildman–Crippen MR) is 72.6 cm³/mol. The van der Waals surface area contributed by atoms with Gasteiger partial charge in [-0.15, -0.1) is 0 Å². The third-order valence-corrected chi connectivity index (χ3v) is 3.63. The normalized spacial score (nSPS) is 22.6. The Bertz CT molecular complexity index is 608. The molecule has 0 saturated heterocycles. The van der Waals surface area contributed by atoms with Crippen molar-refractivity contribution in [2.45, 2.75) is 31.3 Å². The van der Waals surface area contributed by atoms with Crippen LogP contribution >= 0.6 is 0 Å². The van der Waals surface area contributed by atoms with E-state index in [0.29, 0.717) is 11.1 Å². The summed E-state index contributed by atoms with van der Waals surface area (Å²) in [4.78, 5) is 20.8. The highest BCUT2D eigenvalue weighted by Gasteiger charge is 2.26. The van der Waals surface area contributed by atoms with E-state index in [1.165, 1.54) is 0 Å². The fraction of sp³-hybridized carbons (Fsp3) is 0.357. The van der Waals surface area contributed by atoms with Gasteiger partial charge < -0.3 is 11.1 Å². The number of rotatable bonds is 2. The smallest absolute Gasteiger partial charge is 0.253 e. The quantitative estimate of drug-likeness (QED) is 0.847. The summed E-state index contributed by atoms with van der Waals surface area (Å²) in [5.74, 6) is -0.117. The van der Waals surface area contributed by atoms with Gasteiger partial charge >= 0.3 is 0 Å². The lowest BCUT2D eigenvalue weighted by Crippen LogP contribution is -2.44. The number of carbonyl (C=O) groups excluding carboxylic acids is 1. The van der Waals surface area contributed by atoms with E-state index >= 15 is 0 Å². The average Bonchev–Trinajstić information content (AvgIpc) is 2.83. The van der Waals surface area contributed by atoms with Crippen LogP contribution in [0, 0.1) is 0 Å². The minimum atomic E-state index is -0.117. The van der Waals surface area contributed by atoms with Crippen molar-refractivity contribution in [2.75, 3.05) is 0 Å². The third-order valence-electron chi connectivity index (χ3n) is 3.63. The molecular formula is C14H16N4O. The molecule has 5 heteroatoms. The molecule has 2 unspecified atom stereocenters. The van der Waals surface area contributed by atoms with E-state index in [1.807, 2.05) is 12.1 Å². The maximum absolute atomic E-state index is 12.3. The largest absolute Gasteiger partial charge is 0.348 e. The fourth-order valence-electron chi connectivity index (χ4n) is 2.59. The van der Waals surface area contributed by atoms with Gasteiger partial charge in [0.05, 0.1) is 11.1 Å². The molecule has 3 rings (SSSR count). The lowest BCUT2D eigenvalue weighted by atomic mass is 10.1. The lowest BCUT2D eigenvalue weighted by molar-refractivity contribution is 0.0936. The van der Waals surface area contributed by atoms with Crippen LogP contribution in [-0.4, -0.2) is 28.0 Å². The molecule has 1 aromatic carbocycles. The van der Waals surface area contributed by atoms with Crippen molar-refractivity contribution in [1.29, 1.82) is 0 Å². The van der Waals surface area contributed by atoms with E-state index in [0.717, 1.165) is 24.8 Å². The lowest BCUT2D eigenvalue weighted by Gasteiger charge is -2.17. The van der Waals surface area contributed by atoms with E-state index in [1.54, 1.807) is 18.5 Å². The highest BCUT2D eigenvalue weighted by Crippen LogP contribution is 2.19. The summed E-state index contributed by atoms with van der Waals surface area (Å²) in [5.41, 5.74) is 7.90. The first kappa shape index (κ1) is 12.0. The van der Waals surface area contributed by atoms with Crippen molar-refractivity contribution in [3.63, 3.8) is 0 Å². The first-order valence-corrected chi connectivity index (χ1v) is 6.52. The third kappa shape index (κ3) is 2.29. The van der Waals surface area contributed by atoms with Crippen molar-refractivity contribution >= 4 is 16.9 Å².